The molecule has 1 unspecified atom stereocenters. The molecule has 0 N–H and O–H groups in total. The Balaban J connectivity index is 1.93. The molecular formula is C28H56N2. The highest BCUT2D eigenvalue weighted by molar-refractivity contribution is 4.96. The van der Waals surface area contributed by atoms with Crippen molar-refractivity contribution >= 4 is 0 Å². The monoisotopic (exact) mass is 420 g/mol. The molecule has 178 valence electrons. The molecule has 1 aliphatic rings. The van der Waals surface area contributed by atoms with E-state index < -0.39 is 0 Å². The molecule has 0 aliphatic carbocycles. The molecule has 1 rings (SSSR count). The Kier molecular flexibility index (Phi) is 18.5. The zero-order valence-electron chi connectivity index (χ0n) is 21.2. The summed E-state index contributed by atoms with van der Waals surface area (Å²) in [7, 11) is 0. The zero-order chi connectivity index (χ0) is 21.7. The van der Waals surface area contributed by atoms with Crippen LogP contribution in [0, 0.1) is 0 Å². The second kappa shape index (κ2) is 20.3. The van der Waals surface area contributed by atoms with Crippen LogP contribution in [-0.4, -0.2) is 29.1 Å². The van der Waals surface area contributed by atoms with Crippen molar-refractivity contribution in [2.45, 2.75) is 155 Å². The maximum Gasteiger partial charge on any atom is 0.101 e. The van der Waals surface area contributed by atoms with Gasteiger partial charge >= 0.3 is 0 Å². The summed E-state index contributed by atoms with van der Waals surface area (Å²) in [5.74, 6) is 0. The number of nitrogens with zero attached hydrogens (tertiary/aromatic N) is 2. The fourth-order valence-corrected chi connectivity index (χ4v) is 4.81. The van der Waals surface area contributed by atoms with E-state index in [0.29, 0.717) is 6.17 Å². The van der Waals surface area contributed by atoms with Crippen LogP contribution in [0.15, 0.2) is 12.4 Å². The van der Waals surface area contributed by atoms with Gasteiger partial charge in [0.2, 0.25) is 0 Å². The van der Waals surface area contributed by atoms with Crippen molar-refractivity contribution in [2.24, 2.45) is 0 Å². The van der Waals surface area contributed by atoms with Gasteiger partial charge in [-0.15, -0.1) is 0 Å². The van der Waals surface area contributed by atoms with Crippen LogP contribution >= 0.6 is 0 Å². The summed E-state index contributed by atoms with van der Waals surface area (Å²) in [6.07, 6.45) is 33.7. The Morgan fingerprint density at radius 3 is 1.17 bits per heavy atom. The number of hydrogen-bond donors (Lipinski definition) is 0. The van der Waals surface area contributed by atoms with Gasteiger partial charge in [-0.25, -0.2) is 0 Å². The van der Waals surface area contributed by atoms with Crippen LogP contribution in [0.3, 0.4) is 0 Å². The van der Waals surface area contributed by atoms with Crippen molar-refractivity contribution in [3.8, 4) is 0 Å². The van der Waals surface area contributed by atoms with Crippen LogP contribution in [0.4, 0.5) is 0 Å². The Labute approximate surface area is 190 Å². The lowest BCUT2D eigenvalue weighted by molar-refractivity contribution is 0.138. The van der Waals surface area contributed by atoms with Crippen LogP contribution in [0.1, 0.15) is 149 Å². The second-order valence-corrected chi connectivity index (χ2v) is 9.70. The molecule has 0 saturated heterocycles. The third-order valence-corrected chi connectivity index (χ3v) is 6.80. The van der Waals surface area contributed by atoms with E-state index >= 15 is 0 Å². The van der Waals surface area contributed by atoms with Crippen LogP contribution in [0.25, 0.3) is 0 Å². The molecule has 0 spiro atoms. The van der Waals surface area contributed by atoms with Gasteiger partial charge in [0.15, 0.2) is 0 Å². The van der Waals surface area contributed by atoms with Gasteiger partial charge in [0.05, 0.1) is 0 Å². The fraction of sp³-hybridized carbons (Fsp3) is 0.929. The number of unbranched alkanes of at least 4 members (excludes halogenated alkanes) is 16. The minimum absolute atomic E-state index is 0.638. The summed E-state index contributed by atoms with van der Waals surface area (Å²) in [5.41, 5.74) is 0. The highest BCUT2D eigenvalue weighted by Gasteiger charge is 2.24. The summed E-state index contributed by atoms with van der Waals surface area (Å²) < 4.78 is 0. The Morgan fingerprint density at radius 2 is 0.767 bits per heavy atom. The molecule has 0 aromatic carbocycles. The molecular weight excluding hydrogens is 364 g/mol. The molecule has 0 aromatic heterocycles. The van der Waals surface area contributed by atoms with E-state index in [2.05, 4.69) is 43.0 Å². The lowest BCUT2D eigenvalue weighted by Crippen LogP contribution is -2.39. The van der Waals surface area contributed by atoms with E-state index in [1.165, 1.54) is 142 Å². The topological polar surface area (TPSA) is 6.48 Å². The predicted molar refractivity (Wildman–Crippen MR) is 136 cm³/mol. The van der Waals surface area contributed by atoms with Crippen LogP contribution in [0.2, 0.25) is 0 Å². The molecule has 1 atom stereocenters. The third kappa shape index (κ3) is 13.6. The van der Waals surface area contributed by atoms with Crippen LogP contribution in [0.5, 0.6) is 0 Å². The lowest BCUT2D eigenvalue weighted by Gasteiger charge is -2.33. The maximum atomic E-state index is 2.62. The van der Waals surface area contributed by atoms with Crippen molar-refractivity contribution < 1.29 is 0 Å². The molecule has 1 heterocycles. The largest absolute Gasteiger partial charge is 0.356 e. The maximum absolute atomic E-state index is 2.62. The average molecular weight is 421 g/mol. The van der Waals surface area contributed by atoms with Gasteiger partial charge in [0, 0.05) is 25.5 Å². The van der Waals surface area contributed by atoms with Gasteiger partial charge in [-0.3, -0.25) is 0 Å². The van der Waals surface area contributed by atoms with Gasteiger partial charge in [-0.05, 0) is 19.3 Å². The summed E-state index contributed by atoms with van der Waals surface area (Å²) in [4.78, 5) is 5.22. The van der Waals surface area contributed by atoms with E-state index in [1.54, 1.807) is 0 Å². The summed E-state index contributed by atoms with van der Waals surface area (Å²) in [5, 5.41) is 0. The van der Waals surface area contributed by atoms with E-state index in [9.17, 15) is 0 Å². The van der Waals surface area contributed by atoms with Gasteiger partial charge in [-0.2, -0.15) is 0 Å². The smallest absolute Gasteiger partial charge is 0.101 e. The minimum atomic E-state index is 0.638. The zero-order valence-corrected chi connectivity index (χ0v) is 21.2. The van der Waals surface area contributed by atoms with E-state index in [-0.39, 0.29) is 0 Å². The first kappa shape index (κ1) is 27.4. The molecule has 0 radical (unpaired) electrons. The van der Waals surface area contributed by atoms with Crippen molar-refractivity contribution in [1.82, 2.24) is 9.80 Å². The van der Waals surface area contributed by atoms with Gasteiger partial charge < -0.3 is 9.80 Å². The molecule has 30 heavy (non-hydrogen) atoms. The molecule has 0 amide bonds. The van der Waals surface area contributed by atoms with Crippen molar-refractivity contribution in [2.75, 3.05) is 13.1 Å². The standard InChI is InChI=1S/C28H56N2/c1-4-7-9-10-11-12-13-14-15-16-17-18-19-20-22-25-30-27-26-29(24-21-8-5-2)28(30)23-6-3/h26-28H,4-25H2,1-3H3. The van der Waals surface area contributed by atoms with E-state index in [1.807, 2.05) is 0 Å². The molecule has 0 saturated carbocycles. The average Bonchev–Trinajstić information content (AvgIpc) is 3.13. The SMILES string of the molecule is CCCCCCCCCCCCCCCCCN1C=CN(CCCCC)C1CCC. The first-order valence-electron chi connectivity index (χ1n) is 14.0. The molecule has 0 fully saturated rings. The first-order valence-corrected chi connectivity index (χ1v) is 14.0. The van der Waals surface area contributed by atoms with Crippen LogP contribution < -0.4 is 0 Å². The van der Waals surface area contributed by atoms with Crippen molar-refractivity contribution in [3.05, 3.63) is 12.4 Å². The van der Waals surface area contributed by atoms with Crippen LogP contribution in [-0.2, 0) is 0 Å². The Bertz CT molecular complexity index is 379. The Morgan fingerprint density at radius 1 is 0.433 bits per heavy atom. The van der Waals surface area contributed by atoms with Crippen molar-refractivity contribution in [3.63, 3.8) is 0 Å². The summed E-state index contributed by atoms with van der Waals surface area (Å²) in [6.45, 7) is 9.42. The second-order valence-electron chi connectivity index (χ2n) is 9.70. The highest BCUT2D eigenvalue weighted by Crippen LogP contribution is 2.22. The molecule has 2 heteroatoms. The first-order chi connectivity index (χ1) is 14.8. The van der Waals surface area contributed by atoms with Gasteiger partial charge in [-0.1, -0.05) is 130 Å². The molecule has 0 bridgehead atoms. The quantitative estimate of drug-likeness (QED) is 0.161. The highest BCUT2D eigenvalue weighted by atomic mass is 15.4. The van der Waals surface area contributed by atoms with Crippen molar-refractivity contribution in [1.29, 1.82) is 0 Å². The van der Waals surface area contributed by atoms with Gasteiger partial charge in [0.1, 0.15) is 6.17 Å². The van der Waals surface area contributed by atoms with E-state index in [4.69, 9.17) is 0 Å². The molecule has 2 nitrogen and oxygen atoms in total. The normalized spacial score (nSPS) is 16.2. The predicted octanol–water partition coefficient (Wildman–Crippen LogP) is 9.26. The Hall–Kier alpha value is -0.660. The van der Waals surface area contributed by atoms with E-state index in [0.717, 1.165) is 0 Å². The molecule has 1 aliphatic heterocycles. The number of rotatable bonds is 22. The minimum Gasteiger partial charge on any atom is -0.356 e. The lowest BCUT2D eigenvalue weighted by atomic mass is 10.0. The number of hydrogen-bond acceptors (Lipinski definition) is 2. The summed E-state index contributed by atoms with van der Waals surface area (Å²) in [6, 6.07) is 0. The summed E-state index contributed by atoms with van der Waals surface area (Å²) >= 11 is 0. The van der Waals surface area contributed by atoms with Gasteiger partial charge in [0.25, 0.3) is 0 Å². The molecule has 0 aromatic rings. The third-order valence-electron chi connectivity index (χ3n) is 6.80. The fourth-order valence-electron chi connectivity index (χ4n) is 4.81.